The van der Waals surface area contributed by atoms with Gasteiger partial charge in [-0.2, -0.15) is 0 Å². The van der Waals surface area contributed by atoms with E-state index in [4.69, 9.17) is 4.98 Å². The van der Waals surface area contributed by atoms with Crippen molar-refractivity contribution in [1.82, 2.24) is 14.5 Å². The first-order chi connectivity index (χ1) is 17.2. The lowest BCUT2D eigenvalue weighted by atomic mass is 10.0. The Labute approximate surface area is 207 Å². The lowest BCUT2D eigenvalue weighted by Crippen LogP contribution is -2.44. The molecule has 0 spiro atoms. The number of aryl methyl sites for hydroxylation is 1. The van der Waals surface area contributed by atoms with Crippen LogP contribution < -0.4 is 9.64 Å². The number of alkyl halides is 3. The summed E-state index contributed by atoms with van der Waals surface area (Å²) < 4.78 is 42.8. The second-order valence-electron chi connectivity index (χ2n) is 9.23. The summed E-state index contributed by atoms with van der Waals surface area (Å²) >= 11 is 0. The van der Waals surface area contributed by atoms with Gasteiger partial charge in [0.05, 0.1) is 6.54 Å². The van der Waals surface area contributed by atoms with Gasteiger partial charge in [-0.1, -0.05) is 18.2 Å². The first-order valence-corrected chi connectivity index (χ1v) is 11.7. The zero-order valence-corrected chi connectivity index (χ0v) is 20.1. The number of rotatable bonds is 5. The summed E-state index contributed by atoms with van der Waals surface area (Å²) in [6.07, 6.45) is -0.989. The van der Waals surface area contributed by atoms with Crippen molar-refractivity contribution >= 4 is 16.6 Å². The van der Waals surface area contributed by atoms with Crippen molar-refractivity contribution in [3.8, 4) is 22.8 Å². The Morgan fingerprint density at radius 2 is 1.69 bits per heavy atom. The van der Waals surface area contributed by atoms with Crippen LogP contribution in [-0.2, 0) is 6.54 Å². The quantitative estimate of drug-likeness (QED) is 0.400. The summed E-state index contributed by atoms with van der Waals surface area (Å²) in [7, 11) is 2.13. The molecule has 5 rings (SSSR count). The van der Waals surface area contributed by atoms with Crippen molar-refractivity contribution in [1.29, 1.82) is 0 Å². The molecule has 4 aromatic rings. The van der Waals surface area contributed by atoms with Crippen LogP contribution in [0.2, 0.25) is 0 Å². The maximum Gasteiger partial charge on any atom is 0.573 e. The van der Waals surface area contributed by atoms with Crippen molar-refractivity contribution in [2.75, 3.05) is 38.1 Å². The van der Waals surface area contributed by atoms with Gasteiger partial charge in [0.15, 0.2) is 5.88 Å². The van der Waals surface area contributed by atoms with Gasteiger partial charge in [-0.05, 0) is 61.0 Å². The van der Waals surface area contributed by atoms with Gasteiger partial charge in [0.2, 0.25) is 0 Å². The van der Waals surface area contributed by atoms with Crippen LogP contribution in [0, 0.1) is 6.92 Å². The second-order valence-corrected chi connectivity index (χ2v) is 9.23. The standard InChI is InChI=1S/C27H27F3N4O2/c1-18-13-21(20-5-8-24(31-15-20)33-11-9-32(2)10-12-33)14-22-17-34(26(35)25(18)22)16-19-3-6-23(7-4-19)36-27(28,29)30/h3-8,13-15,17,35H,9-12,16H2,1-2H3. The number of hydrogen-bond donors (Lipinski definition) is 1. The Hall–Kier alpha value is -3.72. The Bertz CT molecular complexity index is 1360. The number of fused-ring (bicyclic) bond motifs is 1. The lowest BCUT2D eigenvalue weighted by molar-refractivity contribution is -0.274. The molecule has 0 amide bonds. The van der Waals surface area contributed by atoms with Gasteiger partial charge in [-0.25, -0.2) is 4.98 Å². The highest BCUT2D eigenvalue weighted by Gasteiger charge is 2.31. The van der Waals surface area contributed by atoms with Crippen LogP contribution in [0.3, 0.4) is 0 Å². The van der Waals surface area contributed by atoms with E-state index >= 15 is 0 Å². The number of anilines is 1. The average molecular weight is 497 g/mol. The number of halogens is 3. The van der Waals surface area contributed by atoms with Gasteiger partial charge in [-0.15, -0.1) is 13.2 Å². The van der Waals surface area contributed by atoms with E-state index in [1.165, 1.54) is 12.1 Å². The van der Waals surface area contributed by atoms with Gasteiger partial charge in [0.25, 0.3) is 0 Å². The predicted molar refractivity (Wildman–Crippen MR) is 134 cm³/mol. The Morgan fingerprint density at radius 1 is 0.972 bits per heavy atom. The minimum atomic E-state index is -4.73. The number of pyridine rings is 1. The minimum Gasteiger partial charge on any atom is -0.494 e. The van der Waals surface area contributed by atoms with E-state index in [0.717, 1.165) is 65.0 Å². The third-order valence-electron chi connectivity index (χ3n) is 6.57. The van der Waals surface area contributed by atoms with Gasteiger partial charge in [0, 0.05) is 54.9 Å². The molecule has 0 unspecified atom stereocenters. The highest BCUT2D eigenvalue weighted by Crippen LogP contribution is 2.35. The Balaban J connectivity index is 1.37. The zero-order valence-electron chi connectivity index (χ0n) is 20.1. The molecule has 0 radical (unpaired) electrons. The molecule has 0 saturated carbocycles. The molecule has 9 heteroatoms. The normalized spacial score (nSPS) is 15.0. The fourth-order valence-electron chi connectivity index (χ4n) is 4.65. The number of hydrogen-bond acceptors (Lipinski definition) is 5. The molecule has 6 nitrogen and oxygen atoms in total. The first kappa shape index (κ1) is 24.0. The van der Waals surface area contributed by atoms with Crippen LogP contribution in [0.4, 0.5) is 19.0 Å². The highest BCUT2D eigenvalue weighted by atomic mass is 19.4. The molecule has 0 bridgehead atoms. The van der Waals surface area contributed by atoms with Crippen LogP contribution in [-0.4, -0.2) is 59.1 Å². The van der Waals surface area contributed by atoms with E-state index in [-0.39, 0.29) is 11.6 Å². The minimum absolute atomic E-state index is 0.119. The number of likely N-dealkylation sites (N-methyl/N-ethyl adjacent to an activating group) is 1. The fourth-order valence-corrected chi connectivity index (χ4v) is 4.65. The maximum absolute atomic E-state index is 12.4. The second kappa shape index (κ2) is 9.39. The van der Waals surface area contributed by atoms with Crippen LogP contribution in [0.15, 0.2) is 60.9 Å². The highest BCUT2D eigenvalue weighted by molar-refractivity contribution is 5.94. The molecule has 1 N–H and O–H groups in total. The van der Waals surface area contributed by atoms with E-state index in [1.807, 2.05) is 31.5 Å². The molecule has 3 heterocycles. The summed E-state index contributed by atoms with van der Waals surface area (Å²) in [6.45, 7) is 6.21. The molecule has 2 aromatic carbocycles. The lowest BCUT2D eigenvalue weighted by Gasteiger charge is -2.33. The molecule has 2 aromatic heterocycles. The third kappa shape index (κ3) is 5.11. The van der Waals surface area contributed by atoms with Crippen LogP contribution in [0.5, 0.6) is 11.6 Å². The Kier molecular flexibility index (Phi) is 6.26. The van der Waals surface area contributed by atoms with Crippen LogP contribution in [0.1, 0.15) is 11.1 Å². The molecule has 0 aliphatic carbocycles. The average Bonchev–Trinajstić information content (AvgIpc) is 3.15. The molecular formula is C27H27F3N4O2. The zero-order chi connectivity index (χ0) is 25.4. The molecule has 36 heavy (non-hydrogen) atoms. The molecule has 1 aliphatic rings. The largest absolute Gasteiger partial charge is 0.573 e. The molecule has 1 saturated heterocycles. The topological polar surface area (TPSA) is 53.8 Å². The van der Waals surface area contributed by atoms with E-state index in [2.05, 4.69) is 33.7 Å². The van der Waals surface area contributed by atoms with Gasteiger partial charge >= 0.3 is 6.36 Å². The molecule has 188 valence electrons. The van der Waals surface area contributed by atoms with E-state index in [0.29, 0.717) is 6.54 Å². The monoisotopic (exact) mass is 496 g/mol. The third-order valence-corrected chi connectivity index (χ3v) is 6.57. The van der Waals surface area contributed by atoms with Crippen LogP contribution >= 0.6 is 0 Å². The van der Waals surface area contributed by atoms with Crippen molar-refractivity contribution < 1.29 is 23.0 Å². The summed E-state index contributed by atoms with van der Waals surface area (Å²) in [4.78, 5) is 9.29. The summed E-state index contributed by atoms with van der Waals surface area (Å²) in [5, 5.41) is 12.5. The molecule has 0 atom stereocenters. The number of aromatic hydroxyl groups is 1. The molecule has 1 aliphatic heterocycles. The summed E-state index contributed by atoms with van der Waals surface area (Å²) in [6, 6.07) is 13.8. The molecular weight excluding hydrogens is 469 g/mol. The van der Waals surface area contributed by atoms with Crippen molar-refractivity contribution in [2.45, 2.75) is 19.8 Å². The maximum atomic E-state index is 12.4. The van der Waals surface area contributed by atoms with E-state index in [1.54, 1.807) is 16.7 Å². The summed E-state index contributed by atoms with van der Waals surface area (Å²) in [5.74, 6) is 0.814. The number of piperazine rings is 1. The van der Waals surface area contributed by atoms with Crippen LogP contribution in [0.25, 0.3) is 21.9 Å². The number of aromatic nitrogens is 2. The first-order valence-electron chi connectivity index (χ1n) is 11.7. The molecule has 1 fully saturated rings. The SMILES string of the molecule is Cc1cc(-c2ccc(N3CCN(C)CC3)nc2)cc2cn(Cc3ccc(OC(F)(F)F)cc3)c(O)c12. The van der Waals surface area contributed by atoms with Crippen molar-refractivity contribution in [2.24, 2.45) is 0 Å². The number of ether oxygens (including phenoxy) is 1. The number of benzene rings is 2. The predicted octanol–water partition coefficient (Wildman–Crippen LogP) is 5.42. The summed E-state index contributed by atoms with van der Waals surface area (Å²) in [5.41, 5.74) is 3.66. The smallest absolute Gasteiger partial charge is 0.494 e. The van der Waals surface area contributed by atoms with Gasteiger partial charge in [0.1, 0.15) is 11.6 Å². The van der Waals surface area contributed by atoms with Crippen molar-refractivity contribution in [3.05, 3.63) is 72.1 Å². The van der Waals surface area contributed by atoms with Gasteiger partial charge in [-0.3, -0.25) is 0 Å². The fraction of sp³-hybridized carbons (Fsp3) is 0.296. The van der Waals surface area contributed by atoms with E-state index < -0.39 is 6.36 Å². The van der Waals surface area contributed by atoms with Crippen molar-refractivity contribution in [3.63, 3.8) is 0 Å². The van der Waals surface area contributed by atoms with Gasteiger partial charge < -0.3 is 24.2 Å². The number of nitrogens with zero attached hydrogens (tertiary/aromatic N) is 4. The Morgan fingerprint density at radius 3 is 2.33 bits per heavy atom. The van der Waals surface area contributed by atoms with E-state index in [9.17, 15) is 18.3 Å².